The average molecular weight is 479 g/mol. The Hall–Kier alpha value is -2.77. The number of ether oxygens (including phenoxy) is 1. The van der Waals surface area contributed by atoms with E-state index in [0.717, 1.165) is 88.3 Å². The van der Waals surface area contributed by atoms with E-state index in [2.05, 4.69) is 40.1 Å². The van der Waals surface area contributed by atoms with Crippen molar-refractivity contribution in [3.05, 3.63) is 53.4 Å². The number of fused-ring (bicyclic) bond motifs is 2. The largest absolute Gasteiger partial charge is 0.491 e. The standard InChI is InChI=1S/C27H34N4O2S/c28-27(32)31(24-20-34-25-12-2-1-10-22(24)25)16-4-3-13-29-14-7-15-30(18-17-29)23-11-5-8-21-9-6-19-33-26(21)23/h1-2,5,8,10-12,20H,3-4,6-7,9,13-19H2,(H2,28,32). The highest BCUT2D eigenvalue weighted by atomic mass is 32.1. The molecule has 7 heteroatoms. The third kappa shape index (κ3) is 5.00. The first-order chi connectivity index (χ1) is 16.7. The lowest BCUT2D eigenvalue weighted by atomic mass is 10.0. The molecule has 2 aromatic carbocycles. The van der Waals surface area contributed by atoms with E-state index in [4.69, 9.17) is 10.5 Å². The van der Waals surface area contributed by atoms with Gasteiger partial charge in [-0.25, -0.2) is 4.79 Å². The fourth-order valence-electron chi connectivity index (χ4n) is 5.18. The normalized spacial score (nSPS) is 16.6. The van der Waals surface area contributed by atoms with E-state index in [1.54, 1.807) is 16.2 Å². The van der Waals surface area contributed by atoms with Crippen LogP contribution >= 0.6 is 11.3 Å². The summed E-state index contributed by atoms with van der Waals surface area (Å²) in [6, 6.07) is 14.4. The van der Waals surface area contributed by atoms with Gasteiger partial charge in [0.25, 0.3) is 0 Å². The molecule has 0 radical (unpaired) electrons. The average Bonchev–Trinajstić information content (AvgIpc) is 3.14. The van der Waals surface area contributed by atoms with Gasteiger partial charge < -0.3 is 20.3 Å². The molecule has 6 nitrogen and oxygen atoms in total. The molecule has 0 spiro atoms. The summed E-state index contributed by atoms with van der Waals surface area (Å²) in [7, 11) is 0. The third-order valence-electron chi connectivity index (χ3n) is 6.97. The number of aryl methyl sites for hydroxylation is 1. The predicted octanol–water partition coefficient (Wildman–Crippen LogP) is 5.10. The summed E-state index contributed by atoms with van der Waals surface area (Å²) >= 11 is 1.66. The lowest BCUT2D eigenvalue weighted by Gasteiger charge is -2.28. The van der Waals surface area contributed by atoms with E-state index in [1.165, 1.54) is 16.0 Å². The maximum absolute atomic E-state index is 12.2. The number of primary amides is 1. The zero-order valence-corrected chi connectivity index (χ0v) is 20.6. The molecule has 5 rings (SSSR count). The van der Waals surface area contributed by atoms with E-state index < -0.39 is 0 Å². The highest BCUT2D eigenvalue weighted by Crippen LogP contribution is 2.36. The molecule has 3 aromatic rings. The van der Waals surface area contributed by atoms with Crippen molar-refractivity contribution < 1.29 is 9.53 Å². The molecule has 2 amide bonds. The molecule has 2 aliphatic rings. The minimum Gasteiger partial charge on any atom is -0.491 e. The van der Waals surface area contributed by atoms with Crippen LogP contribution in [0.3, 0.4) is 0 Å². The molecule has 0 unspecified atom stereocenters. The Bertz CT molecular complexity index is 1130. The van der Waals surface area contributed by atoms with Gasteiger partial charge in [0.1, 0.15) is 5.75 Å². The molecule has 2 N–H and O–H groups in total. The Morgan fingerprint density at radius 3 is 2.85 bits per heavy atom. The molecule has 2 aliphatic heterocycles. The predicted molar refractivity (Wildman–Crippen MR) is 142 cm³/mol. The molecule has 0 atom stereocenters. The van der Waals surface area contributed by atoms with Crippen molar-refractivity contribution in [3.8, 4) is 5.75 Å². The van der Waals surface area contributed by atoms with Crippen molar-refractivity contribution in [2.75, 3.05) is 55.7 Å². The number of hydrogen-bond acceptors (Lipinski definition) is 5. The summed E-state index contributed by atoms with van der Waals surface area (Å²) in [6.45, 7) is 6.79. The molecule has 0 bridgehead atoms. The summed E-state index contributed by atoms with van der Waals surface area (Å²) < 4.78 is 7.24. The Morgan fingerprint density at radius 2 is 1.94 bits per heavy atom. The van der Waals surface area contributed by atoms with Crippen molar-refractivity contribution in [2.45, 2.75) is 32.1 Å². The van der Waals surface area contributed by atoms with E-state index >= 15 is 0 Å². The number of thiophene rings is 1. The number of benzene rings is 2. The SMILES string of the molecule is NC(=O)N(CCCCN1CCCN(c2cccc3c2OCCC3)CC1)c1csc2ccccc12. The van der Waals surface area contributed by atoms with Crippen molar-refractivity contribution >= 4 is 38.8 Å². The van der Waals surface area contributed by atoms with Gasteiger partial charge in [0.15, 0.2) is 0 Å². The summed E-state index contributed by atoms with van der Waals surface area (Å²) in [5, 5.41) is 3.15. The minimum atomic E-state index is -0.373. The summed E-state index contributed by atoms with van der Waals surface area (Å²) in [5.74, 6) is 1.11. The molecule has 0 saturated carbocycles. The first kappa shape index (κ1) is 23.0. The number of para-hydroxylation sites is 1. The van der Waals surface area contributed by atoms with Crippen LogP contribution in [-0.4, -0.2) is 56.8 Å². The van der Waals surface area contributed by atoms with Crippen LogP contribution < -0.4 is 20.3 Å². The van der Waals surface area contributed by atoms with Crippen LogP contribution in [0.1, 0.15) is 31.2 Å². The van der Waals surface area contributed by atoms with Crippen LogP contribution in [0.2, 0.25) is 0 Å². The zero-order valence-electron chi connectivity index (χ0n) is 19.7. The van der Waals surface area contributed by atoms with Crippen LogP contribution in [0.4, 0.5) is 16.2 Å². The number of carbonyl (C=O) groups excluding carboxylic acids is 1. The van der Waals surface area contributed by atoms with Crippen LogP contribution in [0.25, 0.3) is 10.1 Å². The zero-order chi connectivity index (χ0) is 23.3. The van der Waals surface area contributed by atoms with Gasteiger partial charge >= 0.3 is 6.03 Å². The molecule has 1 fully saturated rings. The van der Waals surface area contributed by atoms with Gasteiger partial charge in [0.2, 0.25) is 0 Å². The quantitative estimate of drug-likeness (QED) is 0.480. The van der Waals surface area contributed by atoms with Crippen molar-refractivity contribution in [1.82, 2.24) is 4.90 Å². The number of hydrogen-bond donors (Lipinski definition) is 1. The fourth-order valence-corrected chi connectivity index (χ4v) is 6.13. The highest BCUT2D eigenvalue weighted by Gasteiger charge is 2.22. The first-order valence-corrected chi connectivity index (χ1v) is 13.3. The van der Waals surface area contributed by atoms with Gasteiger partial charge in [-0.1, -0.05) is 30.3 Å². The maximum atomic E-state index is 12.2. The molecule has 1 aromatic heterocycles. The molecule has 3 heterocycles. The number of anilines is 2. The second-order valence-electron chi connectivity index (χ2n) is 9.21. The number of nitrogens with zero attached hydrogens (tertiary/aromatic N) is 3. The lowest BCUT2D eigenvalue weighted by molar-refractivity contribution is 0.253. The van der Waals surface area contributed by atoms with E-state index in [9.17, 15) is 4.79 Å². The Labute approximate surface area is 205 Å². The molecule has 1 saturated heterocycles. The summed E-state index contributed by atoms with van der Waals surface area (Å²) in [6.07, 6.45) is 5.37. The minimum absolute atomic E-state index is 0.373. The third-order valence-corrected chi connectivity index (χ3v) is 7.92. The molecule has 180 valence electrons. The van der Waals surface area contributed by atoms with Crippen LogP contribution in [0.5, 0.6) is 5.75 Å². The van der Waals surface area contributed by atoms with Gasteiger partial charge in [-0.2, -0.15) is 0 Å². The number of carbonyl (C=O) groups is 1. The van der Waals surface area contributed by atoms with E-state index in [1.807, 2.05) is 17.5 Å². The van der Waals surface area contributed by atoms with Crippen molar-refractivity contribution in [1.29, 1.82) is 0 Å². The summed E-state index contributed by atoms with van der Waals surface area (Å²) in [4.78, 5) is 19.0. The van der Waals surface area contributed by atoms with Gasteiger partial charge in [-0.15, -0.1) is 11.3 Å². The van der Waals surface area contributed by atoms with Gasteiger partial charge in [0, 0.05) is 41.6 Å². The molecule has 0 aliphatic carbocycles. The smallest absolute Gasteiger partial charge is 0.319 e. The van der Waals surface area contributed by atoms with E-state index in [-0.39, 0.29) is 6.03 Å². The number of urea groups is 1. The highest BCUT2D eigenvalue weighted by molar-refractivity contribution is 7.17. The maximum Gasteiger partial charge on any atom is 0.319 e. The van der Waals surface area contributed by atoms with Crippen molar-refractivity contribution in [2.24, 2.45) is 5.73 Å². The second-order valence-corrected chi connectivity index (χ2v) is 10.1. The first-order valence-electron chi connectivity index (χ1n) is 12.5. The number of unbranched alkanes of at least 4 members (excludes halogenated alkanes) is 1. The number of rotatable bonds is 7. The fraction of sp³-hybridized carbons (Fsp3) is 0.444. The Morgan fingerprint density at radius 1 is 1.03 bits per heavy atom. The molecular formula is C27H34N4O2S. The summed E-state index contributed by atoms with van der Waals surface area (Å²) in [5.41, 5.74) is 9.30. The number of amides is 2. The Kier molecular flexibility index (Phi) is 7.21. The second kappa shape index (κ2) is 10.7. The van der Waals surface area contributed by atoms with E-state index in [0.29, 0.717) is 6.54 Å². The molecule has 34 heavy (non-hydrogen) atoms. The number of nitrogens with two attached hydrogens (primary N) is 1. The Balaban J connectivity index is 1.13. The van der Waals surface area contributed by atoms with Crippen LogP contribution in [0, 0.1) is 0 Å². The van der Waals surface area contributed by atoms with Gasteiger partial charge in [-0.3, -0.25) is 4.90 Å². The monoisotopic (exact) mass is 478 g/mol. The molecular weight excluding hydrogens is 444 g/mol. The topological polar surface area (TPSA) is 62.0 Å². The van der Waals surface area contributed by atoms with Gasteiger partial charge in [0.05, 0.1) is 18.0 Å². The van der Waals surface area contributed by atoms with Crippen molar-refractivity contribution in [3.63, 3.8) is 0 Å². The van der Waals surface area contributed by atoms with Crippen LogP contribution in [-0.2, 0) is 6.42 Å². The lowest BCUT2D eigenvalue weighted by Crippen LogP contribution is -2.37. The van der Waals surface area contributed by atoms with Gasteiger partial charge in [-0.05, 0) is 62.9 Å². The van der Waals surface area contributed by atoms with Crippen LogP contribution in [0.15, 0.2) is 47.8 Å².